The molecule has 0 bridgehead atoms. The van der Waals surface area contributed by atoms with Gasteiger partial charge in [-0.2, -0.15) is 4.80 Å². The zero-order valence-electron chi connectivity index (χ0n) is 17.4. The van der Waals surface area contributed by atoms with Gasteiger partial charge in [0.2, 0.25) is 5.91 Å². The number of benzene rings is 3. The van der Waals surface area contributed by atoms with Gasteiger partial charge in [-0.25, -0.2) is 0 Å². The maximum Gasteiger partial charge on any atom is 0.248 e. The van der Waals surface area contributed by atoms with Crippen LogP contribution in [0.4, 0.5) is 5.69 Å². The van der Waals surface area contributed by atoms with Crippen LogP contribution >= 0.6 is 34.8 Å². The molecular weight excluding hydrogens is 495 g/mol. The molecule has 168 valence electrons. The van der Waals surface area contributed by atoms with E-state index in [1.165, 1.54) is 10.9 Å². The molecule has 0 saturated heterocycles. The van der Waals surface area contributed by atoms with Crippen LogP contribution in [0.25, 0.3) is 34.1 Å². The lowest BCUT2D eigenvalue weighted by molar-refractivity contribution is -0.111. The minimum Gasteiger partial charge on any atom is -0.457 e. The molecule has 5 rings (SSSR count). The first-order valence-corrected chi connectivity index (χ1v) is 11.3. The first kappa shape index (κ1) is 22.2. The third-order valence-corrected chi connectivity index (χ3v) is 6.09. The summed E-state index contributed by atoms with van der Waals surface area (Å²) in [7, 11) is 0. The van der Waals surface area contributed by atoms with Crippen molar-refractivity contribution < 1.29 is 9.21 Å². The summed E-state index contributed by atoms with van der Waals surface area (Å²) in [5.74, 6) is 0.645. The van der Waals surface area contributed by atoms with Crippen LogP contribution in [0.5, 0.6) is 0 Å². The van der Waals surface area contributed by atoms with Crippen molar-refractivity contribution >= 4 is 63.5 Å². The Morgan fingerprint density at radius 3 is 2.44 bits per heavy atom. The van der Waals surface area contributed by atoms with Gasteiger partial charge < -0.3 is 9.73 Å². The van der Waals surface area contributed by atoms with E-state index in [2.05, 4.69) is 15.5 Å². The predicted octanol–water partition coefficient (Wildman–Crippen LogP) is 7.29. The lowest BCUT2D eigenvalue weighted by Gasteiger charge is -2.04. The topological polar surface area (TPSA) is 73.0 Å². The first-order chi connectivity index (χ1) is 16.5. The molecule has 9 heteroatoms. The molecule has 0 saturated carbocycles. The van der Waals surface area contributed by atoms with Gasteiger partial charge in [0.25, 0.3) is 0 Å². The molecule has 2 aromatic heterocycles. The fourth-order valence-corrected chi connectivity index (χ4v) is 3.92. The molecule has 6 nitrogen and oxygen atoms in total. The number of halogens is 3. The molecule has 0 atom stereocenters. The number of rotatable bonds is 5. The second-order valence-electron chi connectivity index (χ2n) is 7.27. The summed E-state index contributed by atoms with van der Waals surface area (Å²) in [6.07, 6.45) is 2.90. The Hall–Kier alpha value is -3.58. The fourth-order valence-electron chi connectivity index (χ4n) is 3.32. The van der Waals surface area contributed by atoms with Crippen molar-refractivity contribution in [3.63, 3.8) is 0 Å². The van der Waals surface area contributed by atoms with Gasteiger partial charge in [0, 0.05) is 11.6 Å². The lowest BCUT2D eigenvalue weighted by Crippen LogP contribution is -2.08. The Morgan fingerprint density at radius 2 is 1.65 bits per heavy atom. The van der Waals surface area contributed by atoms with E-state index >= 15 is 0 Å². The van der Waals surface area contributed by atoms with E-state index in [-0.39, 0.29) is 5.91 Å². The number of carbonyl (C=O) groups is 1. The molecule has 0 unspecified atom stereocenters. The molecule has 3 aromatic carbocycles. The number of nitrogens with zero attached hydrogens (tertiary/aromatic N) is 3. The highest BCUT2D eigenvalue weighted by Gasteiger charge is 2.12. The van der Waals surface area contributed by atoms with Gasteiger partial charge in [-0.05, 0) is 54.6 Å². The van der Waals surface area contributed by atoms with Crippen molar-refractivity contribution in [1.82, 2.24) is 15.0 Å². The molecule has 5 aromatic rings. The molecule has 0 radical (unpaired) electrons. The fraction of sp³-hybridized carbons (Fsp3) is 0. The highest BCUT2D eigenvalue weighted by atomic mass is 35.5. The van der Waals surface area contributed by atoms with E-state index in [9.17, 15) is 4.79 Å². The average molecular weight is 510 g/mol. The summed E-state index contributed by atoms with van der Waals surface area (Å²) in [6, 6.07) is 21.6. The van der Waals surface area contributed by atoms with Crippen molar-refractivity contribution in [3.05, 3.63) is 99.7 Å². The van der Waals surface area contributed by atoms with Crippen LogP contribution in [-0.2, 0) is 4.79 Å². The average Bonchev–Trinajstić information content (AvgIpc) is 3.47. The van der Waals surface area contributed by atoms with E-state index < -0.39 is 0 Å². The molecule has 0 fully saturated rings. The van der Waals surface area contributed by atoms with Gasteiger partial charge in [-0.15, -0.1) is 10.2 Å². The summed E-state index contributed by atoms with van der Waals surface area (Å²) >= 11 is 18.7. The van der Waals surface area contributed by atoms with Crippen LogP contribution in [0.15, 0.2) is 83.3 Å². The van der Waals surface area contributed by atoms with Gasteiger partial charge in [0.1, 0.15) is 22.6 Å². The van der Waals surface area contributed by atoms with Crippen molar-refractivity contribution in [3.8, 4) is 17.0 Å². The number of carbonyl (C=O) groups excluding carboxylic acids is 1. The molecule has 2 heterocycles. The number of furan rings is 1. The second kappa shape index (κ2) is 9.35. The monoisotopic (exact) mass is 508 g/mol. The largest absolute Gasteiger partial charge is 0.457 e. The highest BCUT2D eigenvalue weighted by Crippen LogP contribution is 2.34. The SMILES string of the molecule is O=C(C=Cc1ccc(-c2cccc(Cl)c2Cl)o1)Nc1cc2nn(-c3ccccc3)nc2cc1Cl. The number of amides is 1. The van der Waals surface area contributed by atoms with Crippen molar-refractivity contribution in [2.45, 2.75) is 0 Å². The van der Waals surface area contributed by atoms with Gasteiger partial charge in [0.05, 0.1) is 26.4 Å². The Morgan fingerprint density at radius 1 is 0.882 bits per heavy atom. The van der Waals surface area contributed by atoms with Crippen LogP contribution in [-0.4, -0.2) is 20.9 Å². The van der Waals surface area contributed by atoms with Crippen molar-refractivity contribution in [1.29, 1.82) is 0 Å². The Balaban J connectivity index is 1.32. The van der Waals surface area contributed by atoms with Crippen LogP contribution < -0.4 is 5.32 Å². The maximum atomic E-state index is 12.5. The lowest BCUT2D eigenvalue weighted by atomic mass is 10.2. The molecule has 34 heavy (non-hydrogen) atoms. The standard InChI is InChI=1S/C25H15Cl3N4O2/c26-18-8-4-7-17(25(18)28)23-11-9-16(34-23)10-12-24(33)29-20-14-22-21(13-19(20)27)30-32(31-22)15-5-2-1-3-6-15/h1-14H,(H,29,33). The van der Waals surface area contributed by atoms with Crippen LogP contribution in [0, 0.1) is 0 Å². The Bertz CT molecular complexity index is 1540. The summed E-state index contributed by atoms with van der Waals surface area (Å²) in [5, 5.41) is 12.9. The molecule has 1 amide bonds. The number of hydrogen-bond acceptors (Lipinski definition) is 4. The van der Waals surface area contributed by atoms with Crippen LogP contribution in [0.2, 0.25) is 15.1 Å². The first-order valence-electron chi connectivity index (χ1n) is 10.1. The minimum atomic E-state index is -0.379. The zero-order valence-corrected chi connectivity index (χ0v) is 19.6. The second-order valence-corrected chi connectivity index (χ2v) is 8.46. The maximum absolute atomic E-state index is 12.5. The molecule has 0 aliphatic carbocycles. The summed E-state index contributed by atoms with van der Waals surface area (Å²) in [4.78, 5) is 14.0. The summed E-state index contributed by atoms with van der Waals surface area (Å²) in [6.45, 7) is 0. The number of fused-ring (bicyclic) bond motifs is 1. The molecule has 1 N–H and O–H groups in total. The number of anilines is 1. The number of para-hydroxylation sites is 1. The molecular formula is C25H15Cl3N4O2. The van der Waals surface area contributed by atoms with Crippen LogP contribution in [0.3, 0.4) is 0 Å². The predicted molar refractivity (Wildman–Crippen MR) is 136 cm³/mol. The molecule has 0 spiro atoms. The third kappa shape index (κ3) is 4.56. The molecule has 0 aliphatic heterocycles. The zero-order chi connectivity index (χ0) is 23.7. The Labute approximate surface area is 209 Å². The van der Waals surface area contributed by atoms with Gasteiger partial charge in [-0.3, -0.25) is 4.79 Å². The van der Waals surface area contributed by atoms with E-state index in [1.54, 1.807) is 48.5 Å². The van der Waals surface area contributed by atoms with E-state index in [0.717, 1.165) is 5.69 Å². The third-order valence-electron chi connectivity index (χ3n) is 4.96. The quantitative estimate of drug-likeness (QED) is 0.252. The van der Waals surface area contributed by atoms with E-state index in [1.807, 2.05) is 30.3 Å². The smallest absolute Gasteiger partial charge is 0.248 e. The number of nitrogens with one attached hydrogen (secondary N) is 1. The van der Waals surface area contributed by atoms with E-state index in [0.29, 0.717) is 48.9 Å². The van der Waals surface area contributed by atoms with Crippen molar-refractivity contribution in [2.75, 3.05) is 5.32 Å². The summed E-state index contributed by atoms with van der Waals surface area (Å²) in [5.41, 5.74) is 3.13. The minimum absolute atomic E-state index is 0.352. The van der Waals surface area contributed by atoms with Crippen molar-refractivity contribution in [2.24, 2.45) is 0 Å². The highest BCUT2D eigenvalue weighted by molar-refractivity contribution is 6.43. The number of aromatic nitrogens is 3. The Kier molecular flexibility index (Phi) is 6.11. The normalized spacial score (nSPS) is 11.4. The molecule has 0 aliphatic rings. The van der Waals surface area contributed by atoms with Gasteiger partial charge in [0.15, 0.2) is 0 Å². The summed E-state index contributed by atoms with van der Waals surface area (Å²) < 4.78 is 5.78. The van der Waals surface area contributed by atoms with Gasteiger partial charge >= 0.3 is 0 Å². The van der Waals surface area contributed by atoms with E-state index in [4.69, 9.17) is 39.2 Å². The van der Waals surface area contributed by atoms with Gasteiger partial charge in [-0.1, -0.05) is 59.1 Å². The van der Waals surface area contributed by atoms with Crippen LogP contribution in [0.1, 0.15) is 5.76 Å². The number of hydrogen-bond donors (Lipinski definition) is 1.